The predicted molar refractivity (Wildman–Crippen MR) is 79.3 cm³/mol. The van der Waals surface area contributed by atoms with E-state index in [9.17, 15) is 9.59 Å². The van der Waals surface area contributed by atoms with Crippen molar-refractivity contribution in [2.75, 3.05) is 19.8 Å². The summed E-state index contributed by atoms with van der Waals surface area (Å²) in [5, 5.41) is 0. The molecule has 0 atom stereocenters. The second-order valence-corrected chi connectivity index (χ2v) is 5.62. The minimum Gasteiger partial charge on any atom is -0.381 e. The third-order valence-corrected chi connectivity index (χ3v) is 4.08. The van der Waals surface area contributed by atoms with Crippen LogP contribution in [0.15, 0.2) is 35.9 Å². The molecule has 2 aliphatic heterocycles. The van der Waals surface area contributed by atoms with Crippen LogP contribution < -0.4 is 0 Å². The highest BCUT2D eigenvalue weighted by molar-refractivity contribution is 6.15. The molecule has 1 aromatic rings. The van der Waals surface area contributed by atoms with E-state index >= 15 is 0 Å². The van der Waals surface area contributed by atoms with Crippen molar-refractivity contribution in [3.63, 3.8) is 0 Å². The van der Waals surface area contributed by atoms with Crippen molar-refractivity contribution in [1.29, 1.82) is 0 Å². The van der Waals surface area contributed by atoms with E-state index in [1.807, 2.05) is 36.4 Å². The average Bonchev–Trinajstić information content (AvgIpc) is 2.77. The summed E-state index contributed by atoms with van der Waals surface area (Å²) in [5.41, 5.74) is 1.56. The minimum absolute atomic E-state index is 0.0753. The smallest absolute Gasteiger partial charge is 0.256 e. The molecule has 0 aromatic heterocycles. The maximum Gasteiger partial charge on any atom is 0.256 e. The van der Waals surface area contributed by atoms with E-state index in [-0.39, 0.29) is 18.2 Å². The molecule has 0 radical (unpaired) electrons. The van der Waals surface area contributed by atoms with Gasteiger partial charge in [0.15, 0.2) is 0 Å². The lowest BCUT2D eigenvalue weighted by Gasteiger charge is -2.25. The van der Waals surface area contributed by atoms with Gasteiger partial charge in [-0.05, 0) is 30.4 Å². The quantitative estimate of drug-likeness (QED) is 0.632. The van der Waals surface area contributed by atoms with Crippen LogP contribution >= 0.6 is 0 Å². The minimum atomic E-state index is -0.129. The predicted octanol–water partition coefficient (Wildman–Crippen LogP) is 2.26. The fraction of sp³-hybridized carbons (Fsp3) is 0.412. The molecule has 0 N–H and O–H groups in total. The van der Waals surface area contributed by atoms with E-state index in [1.165, 1.54) is 4.90 Å². The molecular formula is C17H19NO3. The molecule has 0 unspecified atom stereocenters. The van der Waals surface area contributed by atoms with Crippen molar-refractivity contribution in [1.82, 2.24) is 4.90 Å². The number of benzene rings is 1. The molecule has 0 spiro atoms. The monoisotopic (exact) mass is 285 g/mol. The van der Waals surface area contributed by atoms with Crippen LogP contribution in [-0.2, 0) is 14.3 Å². The molecule has 4 heteroatoms. The molecule has 2 saturated heterocycles. The Bertz CT molecular complexity index is 559. The number of likely N-dealkylation sites (tertiary alicyclic amines) is 1. The number of nitrogens with zero attached hydrogens (tertiary/aromatic N) is 1. The first-order valence-electron chi connectivity index (χ1n) is 7.42. The second kappa shape index (κ2) is 6.22. The number of hydrogen-bond donors (Lipinski definition) is 0. The lowest BCUT2D eigenvalue weighted by Crippen LogP contribution is -2.36. The van der Waals surface area contributed by atoms with E-state index in [0.29, 0.717) is 18.0 Å². The van der Waals surface area contributed by atoms with E-state index < -0.39 is 0 Å². The van der Waals surface area contributed by atoms with Gasteiger partial charge in [-0.1, -0.05) is 30.3 Å². The summed E-state index contributed by atoms with van der Waals surface area (Å²) in [6.07, 6.45) is 3.89. The highest BCUT2D eigenvalue weighted by atomic mass is 16.5. The van der Waals surface area contributed by atoms with Crippen LogP contribution in [0.2, 0.25) is 0 Å². The van der Waals surface area contributed by atoms with Gasteiger partial charge < -0.3 is 4.74 Å². The van der Waals surface area contributed by atoms with Crippen molar-refractivity contribution in [2.24, 2.45) is 5.92 Å². The van der Waals surface area contributed by atoms with Crippen molar-refractivity contribution in [3.05, 3.63) is 41.5 Å². The lowest BCUT2D eigenvalue weighted by atomic mass is 10.00. The van der Waals surface area contributed by atoms with Crippen LogP contribution in [0.3, 0.4) is 0 Å². The van der Waals surface area contributed by atoms with E-state index in [2.05, 4.69) is 0 Å². The molecule has 4 nitrogen and oxygen atoms in total. The first kappa shape index (κ1) is 14.0. The lowest BCUT2D eigenvalue weighted by molar-refractivity contribution is -0.138. The summed E-state index contributed by atoms with van der Waals surface area (Å²) in [6.45, 7) is 1.99. The van der Waals surface area contributed by atoms with Crippen molar-refractivity contribution >= 4 is 17.9 Å². The van der Waals surface area contributed by atoms with Crippen LogP contribution in [0.1, 0.15) is 24.8 Å². The summed E-state index contributed by atoms with van der Waals surface area (Å²) >= 11 is 0. The van der Waals surface area contributed by atoms with Gasteiger partial charge in [0, 0.05) is 25.3 Å². The topological polar surface area (TPSA) is 46.6 Å². The summed E-state index contributed by atoms with van der Waals surface area (Å²) in [5.74, 6) is 0.173. The SMILES string of the molecule is O=C1C/C(=C/c2ccccc2)C(=O)N1CC1CCOCC1. The Balaban J connectivity index is 1.71. The van der Waals surface area contributed by atoms with Crippen molar-refractivity contribution in [2.45, 2.75) is 19.3 Å². The van der Waals surface area contributed by atoms with E-state index in [0.717, 1.165) is 31.6 Å². The molecule has 2 aliphatic rings. The van der Waals surface area contributed by atoms with E-state index in [1.54, 1.807) is 0 Å². The van der Waals surface area contributed by atoms with Gasteiger partial charge in [-0.25, -0.2) is 0 Å². The Morgan fingerprint density at radius 3 is 2.57 bits per heavy atom. The molecule has 2 fully saturated rings. The zero-order valence-corrected chi connectivity index (χ0v) is 12.0. The van der Waals surface area contributed by atoms with E-state index in [4.69, 9.17) is 4.74 Å². The molecule has 2 amide bonds. The Kier molecular flexibility index (Phi) is 4.15. The molecule has 3 rings (SSSR count). The van der Waals surface area contributed by atoms with Gasteiger partial charge in [0.1, 0.15) is 0 Å². The normalized spacial score (nSPS) is 22.3. The Morgan fingerprint density at radius 1 is 1.14 bits per heavy atom. The number of ether oxygens (including phenoxy) is 1. The van der Waals surface area contributed by atoms with Gasteiger partial charge in [-0.2, -0.15) is 0 Å². The number of amides is 2. The van der Waals surface area contributed by atoms with Crippen LogP contribution in [0.25, 0.3) is 6.08 Å². The maximum atomic E-state index is 12.4. The molecule has 0 bridgehead atoms. The Labute approximate surface area is 124 Å². The maximum absolute atomic E-state index is 12.4. The molecule has 2 heterocycles. The molecule has 1 aromatic carbocycles. The Hall–Kier alpha value is -1.94. The number of rotatable bonds is 3. The highest BCUT2D eigenvalue weighted by Crippen LogP contribution is 2.25. The zero-order chi connectivity index (χ0) is 14.7. The van der Waals surface area contributed by atoms with Crippen LogP contribution in [0.4, 0.5) is 0 Å². The van der Waals surface area contributed by atoms with Crippen LogP contribution in [0, 0.1) is 5.92 Å². The summed E-state index contributed by atoms with van der Waals surface area (Å²) in [6, 6.07) is 9.65. The van der Waals surface area contributed by atoms with Gasteiger partial charge in [-0.15, -0.1) is 0 Å². The standard InChI is InChI=1S/C17H19NO3/c19-16-11-15(10-13-4-2-1-3-5-13)17(20)18(16)12-14-6-8-21-9-7-14/h1-5,10,14H,6-9,11-12H2/b15-10-. The first-order valence-corrected chi connectivity index (χ1v) is 7.42. The third-order valence-electron chi connectivity index (χ3n) is 4.08. The molecule has 0 saturated carbocycles. The summed E-state index contributed by atoms with van der Waals surface area (Å²) in [4.78, 5) is 25.9. The molecule has 21 heavy (non-hydrogen) atoms. The second-order valence-electron chi connectivity index (χ2n) is 5.62. The number of hydrogen-bond acceptors (Lipinski definition) is 3. The van der Waals surface area contributed by atoms with Gasteiger partial charge >= 0.3 is 0 Å². The van der Waals surface area contributed by atoms with Gasteiger partial charge in [-0.3, -0.25) is 14.5 Å². The fourth-order valence-corrected chi connectivity index (χ4v) is 2.86. The molecule has 0 aliphatic carbocycles. The molecule has 110 valence electrons. The first-order chi connectivity index (χ1) is 10.2. The number of imide groups is 1. The summed E-state index contributed by atoms with van der Waals surface area (Å²) < 4.78 is 5.32. The number of carbonyl (C=O) groups is 2. The highest BCUT2D eigenvalue weighted by Gasteiger charge is 2.35. The largest absolute Gasteiger partial charge is 0.381 e. The third kappa shape index (κ3) is 3.22. The van der Waals surface area contributed by atoms with Crippen molar-refractivity contribution < 1.29 is 14.3 Å². The average molecular weight is 285 g/mol. The Morgan fingerprint density at radius 2 is 1.86 bits per heavy atom. The van der Waals surface area contributed by atoms with Crippen molar-refractivity contribution in [3.8, 4) is 0 Å². The summed E-state index contributed by atoms with van der Waals surface area (Å²) in [7, 11) is 0. The number of carbonyl (C=O) groups excluding carboxylic acids is 2. The zero-order valence-electron chi connectivity index (χ0n) is 12.0. The fourth-order valence-electron chi connectivity index (χ4n) is 2.86. The molecular weight excluding hydrogens is 266 g/mol. The van der Waals surface area contributed by atoms with Gasteiger partial charge in [0.25, 0.3) is 5.91 Å². The van der Waals surface area contributed by atoms with Gasteiger partial charge in [0.05, 0.1) is 6.42 Å². The van der Waals surface area contributed by atoms with Crippen LogP contribution in [-0.4, -0.2) is 36.5 Å². The van der Waals surface area contributed by atoms with Crippen LogP contribution in [0.5, 0.6) is 0 Å². The van der Waals surface area contributed by atoms with Gasteiger partial charge in [0.2, 0.25) is 5.91 Å².